The van der Waals surface area contributed by atoms with Gasteiger partial charge in [-0.3, -0.25) is 4.57 Å². The summed E-state index contributed by atoms with van der Waals surface area (Å²) in [7, 11) is 1.99. The van der Waals surface area contributed by atoms with Crippen LogP contribution in [0.2, 0.25) is 0 Å². The maximum Gasteiger partial charge on any atom is 0.419 e. The van der Waals surface area contributed by atoms with Gasteiger partial charge in [-0.15, -0.1) is 0 Å². The number of aryl methyl sites for hydroxylation is 1. The van der Waals surface area contributed by atoms with Crippen LogP contribution >= 0.6 is 0 Å². The van der Waals surface area contributed by atoms with Gasteiger partial charge in [-0.25, -0.2) is 4.79 Å². The highest BCUT2D eigenvalue weighted by molar-refractivity contribution is 5.74. The van der Waals surface area contributed by atoms with E-state index in [1.807, 2.05) is 26.1 Å². The van der Waals surface area contributed by atoms with Crippen molar-refractivity contribution in [2.24, 2.45) is 5.92 Å². The second-order valence-electron chi connectivity index (χ2n) is 4.94. The number of fused-ring (bicyclic) bond motifs is 1. The topological polar surface area (TPSA) is 47.2 Å². The van der Waals surface area contributed by atoms with Crippen molar-refractivity contribution < 1.29 is 4.42 Å². The minimum atomic E-state index is -0.267. The fraction of sp³-hybridized carbons (Fsp3) is 0.500. The number of oxazole rings is 1. The number of rotatable bonds is 4. The quantitative estimate of drug-likeness (QED) is 0.900. The second-order valence-corrected chi connectivity index (χ2v) is 4.94. The number of aromatic nitrogens is 1. The van der Waals surface area contributed by atoms with Gasteiger partial charge in [0.05, 0.1) is 5.52 Å². The van der Waals surface area contributed by atoms with Gasteiger partial charge in [0.2, 0.25) is 0 Å². The minimum absolute atomic E-state index is 0.267. The van der Waals surface area contributed by atoms with Crippen LogP contribution in [0.3, 0.4) is 0 Å². The van der Waals surface area contributed by atoms with Gasteiger partial charge >= 0.3 is 5.76 Å². The number of hydrogen-bond acceptors (Lipinski definition) is 3. The summed E-state index contributed by atoms with van der Waals surface area (Å²) >= 11 is 0. The molecule has 1 fully saturated rings. The molecule has 0 bridgehead atoms. The van der Waals surface area contributed by atoms with Crippen molar-refractivity contribution in [3.63, 3.8) is 0 Å². The first-order chi connectivity index (χ1) is 8.74. The smallest absolute Gasteiger partial charge is 0.408 e. The van der Waals surface area contributed by atoms with Crippen LogP contribution < -0.4 is 11.1 Å². The molecule has 1 aliphatic rings. The van der Waals surface area contributed by atoms with Gasteiger partial charge in [0.1, 0.15) is 0 Å². The summed E-state index contributed by atoms with van der Waals surface area (Å²) in [5.41, 5.74) is 2.79. The second kappa shape index (κ2) is 4.28. The summed E-state index contributed by atoms with van der Waals surface area (Å²) in [4.78, 5) is 11.6. The summed E-state index contributed by atoms with van der Waals surface area (Å²) in [6.07, 6.45) is 2.56. The molecule has 1 unspecified atom stereocenters. The Labute approximate surface area is 106 Å². The first kappa shape index (κ1) is 11.5. The van der Waals surface area contributed by atoms with E-state index in [1.54, 1.807) is 4.57 Å². The molecule has 0 amide bonds. The Morgan fingerprint density at radius 1 is 1.50 bits per heavy atom. The standard InChI is InChI=1S/C14H18N2O2/c1-3-16-11-7-6-10(8-12(11)18-14(16)17)13(15-2)9-4-5-9/h6-9,13,15H,3-5H2,1-2H3. The van der Waals surface area contributed by atoms with Crippen molar-refractivity contribution in [2.75, 3.05) is 7.05 Å². The zero-order valence-corrected chi connectivity index (χ0v) is 10.8. The number of benzene rings is 1. The molecule has 0 saturated heterocycles. The monoisotopic (exact) mass is 246 g/mol. The van der Waals surface area contributed by atoms with Crippen LogP contribution in [0.25, 0.3) is 11.1 Å². The fourth-order valence-electron chi connectivity index (χ4n) is 2.68. The highest BCUT2D eigenvalue weighted by Crippen LogP contribution is 2.41. The fourth-order valence-corrected chi connectivity index (χ4v) is 2.68. The van der Waals surface area contributed by atoms with Crippen LogP contribution in [0.1, 0.15) is 31.4 Å². The Hall–Kier alpha value is -1.55. The van der Waals surface area contributed by atoms with E-state index in [2.05, 4.69) is 11.4 Å². The van der Waals surface area contributed by atoms with Crippen molar-refractivity contribution in [1.82, 2.24) is 9.88 Å². The predicted molar refractivity (Wildman–Crippen MR) is 70.7 cm³/mol. The Morgan fingerprint density at radius 2 is 2.28 bits per heavy atom. The molecule has 1 N–H and O–H groups in total. The lowest BCUT2D eigenvalue weighted by molar-refractivity contribution is 0.509. The largest absolute Gasteiger partial charge is 0.419 e. The lowest BCUT2D eigenvalue weighted by Gasteiger charge is -2.15. The Kier molecular flexibility index (Phi) is 2.74. The third-order valence-corrected chi connectivity index (χ3v) is 3.77. The summed E-state index contributed by atoms with van der Waals surface area (Å²) in [6.45, 7) is 2.59. The van der Waals surface area contributed by atoms with E-state index in [4.69, 9.17) is 4.42 Å². The van der Waals surface area contributed by atoms with E-state index in [0.29, 0.717) is 18.2 Å². The number of nitrogens with zero attached hydrogens (tertiary/aromatic N) is 1. The van der Waals surface area contributed by atoms with Gasteiger partial charge < -0.3 is 9.73 Å². The maximum atomic E-state index is 11.6. The predicted octanol–water partition coefficient (Wildman–Crippen LogP) is 2.28. The molecule has 0 aliphatic heterocycles. The molecule has 1 saturated carbocycles. The first-order valence-corrected chi connectivity index (χ1v) is 6.55. The van der Waals surface area contributed by atoms with Crippen molar-refractivity contribution in [3.05, 3.63) is 34.3 Å². The molecule has 96 valence electrons. The van der Waals surface area contributed by atoms with Gasteiger partial charge in [0.15, 0.2) is 5.58 Å². The van der Waals surface area contributed by atoms with Crippen molar-refractivity contribution in [1.29, 1.82) is 0 Å². The first-order valence-electron chi connectivity index (χ1n) is 6.55. The summed E-state index contributed by atoms with van der Waals surface area (Å²) in [6, 6.07) is 6.47. The van der Waals surface area contributed by atoms with Crippen molar-refractivity contribution in [2.45, 2.75) is 32.4 Å². The van der Waals surface area contributed by atoms with Crippen LogP contribution in [0.15, 0.2) is 27.4 Å². The molecule has 0 spiro atoms. The Bertz CT molecular complexity index is 622. The van der Waals surface area contributed by atoms with Crippen LogP contribution in [-0.4, -0.2) is 11.6 Å². The van der Waals surface area contributed by atoms with Gasteiger partial charge in [0.25, 0.3) is 0 Å². The van der Waals surface area contributed by atoms with Crippen LogP contribution in [0.4, 0.5) is 0 Å². The number of hydrogen-bond donors (Lipinski definition) is 1. The normalized spacial score (nSPS) is 17.2. The molecule has 1 heterocycles. The molecule has 1 aliphatic carbocycles. The SMILES string of the molecule is CCn1c(=O)oc2cc(C(NC)C3CC3)ccc21. The zero-order chi connectivity index (χ0) is 12.7. The molecule has 4 heteroatoms. The Morgan fingerprint density at radius 3 is 2.89 bits per heavy atom. The van der Waals surface area contributed by atoms with Gasteiger partial charge in [-0.05, 0) is 50.4 Å². The zero-order valence-electron chi connectivity index (χ0n) is 10.8. The molecule has 1 atom stereocenters. The lowest BCUT2D eigenvalue weighted by Crippen LogP contribution is -2.18. The van der Waals surface area contributed by atoms with Crippen molar-refractivity contribution in [3.8, 4) is 0 Å². The van der Waals surface area contributed by atoms with Crippen molar-refractivity contribution >= 4 is 11.1 Å². The molecule has 1 aromatic heterocycles. The average molecular weight is 246 g/mol. The molecule has 3 rings (SSSR count). The minimum Gasteiger partial charge on any atom is -0.408 e. The molecule has 4 nitrogen and oxygen atoms in total. The molecule has 2 aromatic rings. The van der Waals surface area contributed by atoms with E-state index < -0.39 is 0 Å². The van der Waals surface area contributed by atoms with Gasteiger partial charge in [-0.1, -0.05) is 6.07 Å². The summed E-state index contributed by atoms with van der Waals surface area (Å²) in [5.74, 6) is 0.463. The lowest BCUT2D eigenvalue weighted by atomic mass is 10.0. The maximum absolute atomic E-state index is 11.6. The molecular formula is C14H18N2O2. The molecule has 0 radical (unpaired) electrons. The summed E-state index contributed by atoms with van der Waals surface area (Å²) < 4.78 is 6.96. The van der Waals surface area contributed by atoms with Crippen LogP contribution in [-0.2, 0) is 6.54 Å². The third-order valence-electron chi connectivity index (χ3n) is 3.77. The van der Waals surface area contributed by atoms with Crippen LogP contribution in [0.5, 0.6) is 0 Å². The molecular weight excluding hydrogens is 228 g/mol. The average Bonchev–Trinajstić information content (AvgIpc) is 3.13. The van der Waals surface area contributed by atoms with E-state index in [-0.39, 0.29) is 5.76 Å². The van der Waals surface area contributed by atoms with E-state index in [9.17, 15) is 4.79 Å². The van der Waals surface area contributed by atoms with Gasteiger partial charge in [-0.2, -0.15) is 0 Å². The molecule has 1 aromatic carbocycles. The van der Waals surface area contributed by atoms with E-state index in [0.717, 1.165) is 11.4 Å². The highest BCUT2D eigenvalue weighted by Gasteiger charge is 2.31. The molecule has 18 heavy (non-hydrogen) atoms. The highest BCUT2D eigenvalue weighted by atomic mass is 16.4. The Balaban J connectivity index is 2.08. The van der Waals surface area contributed by atoms with Gasteiger partial charge in [0, 0.05) is 12.6 Å². The van der Waals surface area contributed by atoms with E-state index >= 15 is 0 Å². The third kappa shape index (κ3) is 1.77. The van der Waals surface area contributed by atoms with E-state index in [1.165, 1.54) is 18.4 Å². The van der Waals surface area contributed by atoms with Crippen LogP contribution in [0, 0.1) is 5.92 Å². The number of nitrogens with one attached hydrogen (secondary N) is 1. The summed E-state index contributed by atoms with van der Waals surface area (Å²) in [5, 5.41) is 3.35.